The van der Waals surface area contributed by atoms with Gasteiger partial charge >= 0.3 is 5.69 Å². The van der Waals surface area contributed by atoms with Gasteiger partial charge in [0.05, 0.1) is 6.33 Å². The number of nitrogens with one attached hydrogen (secondary N) is 1. The van der Waals surface area contributed by atoms with Gasteiger partial charge in [-0.05, 0) is 23.1 Å². The molecule has 1 amide bonds. The van der Waals surface area contributed by atoms with Gasteiger partial charge in [-0.2, -0.15) is 0 Å². The third-order valence-corrected chi connectivity index (χ3v) is 4.54. The summed E-state index contributed by atoms with van der Waals surface area (Å²) in [5.41, 5.74) is 1.23. The van der Waals surface area contributed by atoms with Crippen LogP contribution in [0.1, 0.15) is 26.3 Å². The number of fused-ring (bicyclic) bond motifs is 1. The highest BCUT2D eigenvalue weighted by Crippen LogP contribution is 2.23. The standard InChI is InChI=1S/C19H23N5O3/c1-19(2,3)12-6-8-13(9-7-12)21-14(25)10-24-17(26)15-16(20-11-22(15)4)23(5)18(24)27/h6-9,11H,10H2,1-5H3,(H,21,25). The quantitative estimate of drug-likeness (QED) is 0.755. The average molecular weight is 369 g/mol. The molecule has 8 nitrogen and oxygen atoms in total. The van der Waals surface area contributed by atoms with Gasteiger partial charge in [0.15, 0.2) is 11.2 Å². The van der Waals surface area contributed by atoms with E-state index in [1.54, 1.807) is 7.05 Å². The number of carbonyl (C=O) groups is 1. The maximum Gasteiger partial charge on any atom is 0.332 e. The molecule has 2 heterocycles. The molecule has 0 saturated carbocycles. The summed E-state index contributed by atoms with van der Waals surface area (Å²) in [4.78, 5) is 41.6. The Morgan fingerprint density at radius 3 is 2.33 bits per heavy atom. The van der Waals surface area contributed by atoms with Crippen LogP contribution in [0.2, 0.25) is 0 Å². The van der Waals surface area contributed by atoms with Crippen LogP contribution in [0.5, 0.6) is 0 Å². The highest BCUT2D eigenvalue weighted by Gasteiger charge is 2.17. The first-order valence-corrected chi connectivity index (χ1v) is 8.61. The first-order valence-electron chi connectivity index (χ1n) is 8.61. The summed E-state index contributed by atoms with van der Waals surface area (Å²) in [7, 11) is 3.19. The van der Waals surface area contributed by atoms with Crippen LogP contribution in [-0.2, 0) is 30.8 Å². The van der Waals surface area contributed by atoms with Crippen molar-refractivity contribution in [3.05, 3.63) is 57.0 Å². The predicted molar refractivity (Wildman–Crippen MR) is 104 cm³/mol. The smallest absolute Gasteiger partial charge is 0.328 e. The van der Waals surface area contributed by atoms with Crippen molar-refractivity contribution in [1.29, 1.82) is 0 Å². The van der Waals surface area contributed by atoms with E-state index in [4.69, 9.17) is 0 Å². The highest BCUT2D eigenvalue weighted by molar-refractivity contribution is 5.90. The minimum atomic E-state index is -0.579. The molecule has 3 aromatic rings. The first kappa shape index (κ1) is 18.6. The van der Waals surface area contributed by atoms with Crippen LogP contribution in [-0.4, -0.2) is 24.6 Å². The van der Waals surface area contributed by atoms with Gasteiger partial charge in [-0.25, -0.2) is 14.3 Å². The van der Waals surface area contributed by atoms with Crippen molar-refractivity contribution in [2.45, 2.75) is 32.7 Å². The summed E-state index contributed by atoms with van der Waals surface area (Å²) in [6, 6.07) is 7.51. The molecule has 0 aliphatic carbocycles. The minimum Gasteiger partial charge on any atom is -0.328 e. The number of aromatic nitrogens is 4. The molecule has 3 rings (SSSR count). The van der Waals surface area contributed by atoms with E-state index in [2.05, 4.69) is 31.1 Å². The van der Waals surface area contributed by atoms with Crippen LogP contribution in [0.4, 0.5) is 5.69 Å². The molecule has 0 spiro atoms. The Morgan fingerprint density at radius 2 is 1.74 bits per heavy atom. The molecule has 8 heteroatoms. The van der Waals surface area contributed by atoms with Crippen LogP contribution in [0.15, 0.2) is 40.2 Å². The largest absolute Gasteiger partial charge is 0.332 e. The normalized spacial score (nSPS) is 11.7. The van der Waals surface area contributed by atoms with Gasteiger partial charge in [-0.15, -0.1) is 0 Å². The van der Waals surface area contributed by atoms with E-state index >= 15 is 0 Å². The van der Waals surface area contributed by atoms with Gasteiger partial charge in [-0.3, -0.25) is 14.2 Å². The molecule has 142 valence electrons. The summed E-state index contributed by atoms with van der Waals surface area (Å²) in [6.45, 7) is 5.96. The van der Waals surface area contributed by atoms with Crippen LogP contribution in [0.3, 0.4) is 0 Å². The number of benzene rings is 1. The number of hydrogen-bond donors (Lipinski definition) is 1. The Hall–Kier alpha value is -3.16. The van der Waals surface area contributed by atoms with Crippen molar-refractivity contribution >= 4 is 22.8 Å². The lowest BCUT2D eigenvalue weighted by Gasteiger charge is -2.19. The van der Waals surface area contributed by atoms with E-state index in [0.29, 0.717) is 11.3 Å². The van der Waals surface area contributed by atoms with Crippen LogP contribution in [0, 0.1) is 0 Å². The maximum atomic E-state index is 12.6. The highest BCUT2D eigenvalue weighted by atomic mass is 16.2. The summed E-state index contributed by atoms with van der Waals surface area (Å²) in [6.07, 6.45) is 1.46. The van der Waals surface area contributed by atoms with Crippen LogP contribution in [0.25, 0.3) is 11.2 Å². The van der Waals surface area contributed by atoms with E-state index in [1.807, 2.05) is 24.3 Å². The number of aryl methyl sites for hydroxylation is 2. The van der Waals surface area contributed by atoms with Crippen molar-refractivity contribution in [2.24, 2.45) is 14.1 Å². The zero-order valence-corrected chi connectivity index (χ0v) is 16.1. The molecule has 0 atom stereocenters. The molecular weight excluding hydrogens is 346 g/mol. The lowest BCUT2D eigenvalue weighted by molar-refractivity contribution is -0.116. The number of carbonyl (C=O) groups excluding carboxylic acids is 1. The summed E-state index contributed by atoms with van der Waals surface area (Å²) in [5, 5.41) is 2.73. The molecule has 1 N–H and O–H groups in total. The zero-order chi connectivity index (χ0) is 19.9. The van der Waals surface area contributed by atoms with E-state index < -0.39 is 17.2 Å². The summed E-state index contributed by atoms with van der Waals surface area (Å²) >= 11 is 0. The minimum absolute atomic E-state index is 0.0145. The second kappa shape index (κ2) is 6.53. The molecule has 0 aliphatic rings. The number of anilines is 1. The van der Waals surface area contributed by atoms with E-state index in [1.165, 1.54) is 22.5 Å². The summed E-state index contributed by atoms with van der Waals surface area (Å²) < 4.78 is 3.72. The molecule has 0 fully saturated rings. The monoisotopic (exact) mass is 369 g/mol. The first-order chi connectivity index (χ1) is 12.6. The molecule has 0 radical (unpaired) electrons. The van der Waals surface area contributed by atoms with Gasteiger partial charge < -0.3 is 9.88 Å². The lowest BCUT2D eigenvalue weighted by atomic mass is 9.87. The SMILES string of the molecule is Cn1cnc2c1c(=O)n(CC(=O)Nc1ccc(C(C)(C)C)cc1)c(=O)n2C. The van der Waals surface area contributed by atoms with Crippen molar-refractivity contribution in [1.82, 2.24) is 18.7 Å². The van der Waals surface area contributed by atoms with Crippen molar-refractivity contribution < 1.29 is 4.79 Å². The van der Waals surface area contributed by atoms with Gasteiger partial charge in [0.1, 0.15) is 6.54 Å². The van der Waals surface area contributed by atoms with Gasteiger partial charge in [0, 0.05) is 19.8 Å². The Balaban J connectivity index is 1.87. The molecule has 0 unspecified atom stereocenters. The van der Waals surface area contributed by atoms with Gasteiger partial charge in [0.2, 0.25) is 5.91 Å². The Bertz CT molecular complexity index is 1130. The topological polar surface area (TPSA) is 90.9 Å². The fourth-order valence-corrected chi connectivity index (χ4v) is 2.93. The molecule has 0 bridgehead atoms. The molecule has 27 heavy (non-hydrogen) atoms. The van der Waals surface area contributed by atoms with Crippen molar-refractivity contribution in [3.8, 4) is 0 Å². The number of nitrogens with zero attached hydrogens (tertiary/aromatic N) is 4. The van der Waals surface area contributed by atoms with E-state index in [-0.39, 0.29) is 17.5 Å². The zero-order valence-electron chi connectivity index (χ0n) is 16.1. The van der Waals surface area contributed by atoms with Crippen LogP contribution < -0.4 is 16.6 Å². The molecule has 0 aliphatic heterocycles. The van der Waals surface area contributed by atoms with E-state index in [0.717, 1.165) is 10.1 Å². The van der Waals surface area contributed by atoms with Gasteiger partial charge in [0.25, 0.3) is 5.56 Å². The Labute approximate surface area is 156 Å². The molecule has 0 saturated heterocycles. The van der Waals surface area contributed by atoms with Crippen molar-refractivity contribution in [2.75, 3.05) is 5.32 Å². The number of hydrogen-bond acceptors (Lipinski definition) is 4. The Morgan fingerprint density at radius 1 is 1.11 bits per heavy atom. The fourth-order valence-electron chi connectivity index (χ4n) is 2.93. The predicted octanol–water partition coefficient (Wildman–Crippen LogP) is 1.37. The molecule has 2 aromatic heterocycles. The molecule has 1 aromatic carbocycles. The Kier molecular flexibility index (Phi) is 4.51. The number of imidazole rings is 1. The summed E-state index contributed by atoms with van der Waals surface area (Å²) in [5.74, 6) is -0.445. The maximum absolute atomic E-state index is 12.6. The second-order valence-electron chi connectivity index (χ2n) is 7.64. The fraction of sp³-hybridized carbons (Fsp3) is 0.368. The van der Waals surface area contributed by atoms with E-state index in [9.17, 15) is 14.4 Å². The lowest BCUT2D eigenvalue weighted by Crippen LogP contribution is -2.42. The average Bonchev–Trinajstić information content (AvgIpc) is 2.98. The van der Waals surface area contributed by atoms with Crippen molar-refractivity contribution in [3.63, 3.8) is 0 Å². The second-order valence-corrected chi connectivity index (χ2v) is 7.64. The number of rotatable bonds is 3. The third kappa shape index (κ3) is 3.42. The third-order valence-electron chi connectivity index (χ3n) is 4.54. The van der Waals surface area contributed by atoms with Crippen LogP contribution >= 0.6 is 0 Å². The number of amides is 1. The molecular formula is C19H23N5O3. The van der Waals surface area contributed by atoms with Gasteiger partial charge in [-0.1, -0.05) is 32.9 Å².